The smallest absolute Gasteiger partial charge is 0.416 e. The second-order valence-electron chi connectivity index (χ2n) is 11.6. The zero-order valence-electron chi connectivity index (χ0n) is 24.6. The van der Waals surface area contributed by atoms with Gasteiger partial charge in [0.05, 0.1) is 23.2 Å². The van der Waals surface area contributed by atoms with Gasteiger partial charge in [0.25, 0.3) is 15.6 Å². The SMILES string of the molecule is COC(=O)C1CN(C2CCC(O)CC2)S(=O)(=O)c2c(-c3cccc(C(F)(F)F)c3)c(Cc3cccc4ccccc34)c(Br)c(=O)n21. The molecule has 2 heterocycles. The third kappa shape index (κ3) is 5.67. The molecule has 0 bridgehead atoms. The lowest BCUT2D eigenvalue weighted by Gasteiger charge is -2.41. The summed E-state index contributed by atoms with van der Waals surface area (Å²) in [7, 11) is -3.47. The molecule has 46 heavy (non-hydrogen) atoms. The van der Waals surface area contributed by atoms with Crippen LogP contribution in [0.5, 0.6) is 0 Å². The number of esters is 1. The third-order valence-electron chi connectivity index (χ3n) is 8.90. The summed E-state index contributed by atoms with van der Waals surface area (Å²) in [5.41, 5.74) is -1.13. The number of methoxy groups -OCH3 is 1. The van der Waals surface area contributed by atoms with Gasteiger partial charge in [-0.15, -0.1) is 0 Å². The quantitative estimate of drug-likeness (QED) is 0.252. The van der Waals surface area contributed by atoms with Crippen LogP contribution in [0.2, 0.25) is 0 Å². The Hall–Kier alpha value is -3.52. The number of benzene rings is 3. The molecule has 0 amide bonds. The molecule has 13 heteroatoms. The highest BCUT2D eigenvalue weighted by atomic mass is 79.9. The summed E-state index contributed by atoms with van der Waals surface area (Å²) < 4.78 is 78.4. The van der Waals surface area contributed by atoms with Gasteiger partial charge in [-0.2, -0.15) is 17.5 Å². The molecule has 1 aromatic heterocycles. The van der Waals surface area contributed by atoms with Crippen LogP contribution < -0.4 is 5.56 Å². The van der Waals surface area contributed by atoms with Gasteiger partial charge >= 0.3 is 12.1 Å². The Labute approximate surface area is 271 Å². The average Bonchev–Trinajstić information content (AvgIpc) is 3.03. The molecular weight excluding hydrogens is 689 g/mol. The highest BCUT2D eigenvalue weighted by Crippen LogP contribution is 2.43. The Bertz CT molecular complexity index is 2000. The first-order chi connectivity index (χ1) is 21.8. The van der Waals surface area contributed by atoms with Gasteiger partial charge in [-0.05, 0) is 81.2 Å². The lowest BCUT2D eigenvalue weighted by Crippen LogP contribution is -2.54. The van der Waals surface area contributed by atoms with E-state index in [1.54, 1.807) is 0 Å². The van der Waals surface area contributed by atoms with Gasteiger partial charge in [-0.3, -0.25) is 9.36 Å². The summed E-state index contributed by atoms with van der Waals surface area (Å²) in [6.45, 7) is -0.403. The summed E-state index contributed by atoms with van der Waals surface area (Å²) in [4.78, 5) is 27.4. The number of nitrogens with zero attached hydrogens (tertiary/aromatic N) is 2. The number of hydrogen-bond donors (Lipinski definition) is 1. The molecule has 1 saturated carbocycles. The molecule has 1 unspecified atom stereocenters. The van der Waals surface area contributed by atoms with Crippen LogP contribution in [0, 0.1) is 0 Å². The number of aliphatic hydroxyl groups excluding tert-OH is 1. The van der Waals surface area contributed by atoms with Crippen molar-refractivity contribution < 1.29 is 36.2 Å². The molecule has 242 valence electrons. The lowest BCUT2D eigenvalue weighted by atomic mass is 9.92. The molecule has 8 nitrogen and oxygen atoms in total. The van der Waals surface area contributed by atoms with Gasteiger partial charge in [-0.1, -0.05) is 54.6 Å². The number of carbonyl (C=O) groups excluding carboxylic acids is 1. The minimum absolute atomic E-state index is 0.00930. The van der Waals surface area contributed by atoms with Crippen LogP contribution in [0.4, 0.5) is 13.2 Å². The molecule has 1 N–H and O–H groups in total. The first-order valence-electron chi connectivity index (χ1n) is 14.7. The Kier molecular flexibility index (Phi) is 8.64. The maximum Gasteiger partial charge on any atom is 0.416 e. The van der Waals surface area contributed by atoms with E-state index in [0.717, 1.165) is 38.9 Å². The number of aromatic nitrogens is 1. The van der Waals surface area contributed by atoms with E-state index in [2.05, 4.69) is 15.9 Å². The Morgan fingerprint density at radius 1 is 1.02 bits per heavy atom. The molecule has 2 aliphatic rings. The van der Waals surface area contributed by atoms with Crippen LogP contribution in [0.25, 0.3) is 21.9 Å². The normalized spacial score (nSPS) is 21.6. The van der Waals surface area contributed by atoms with Crippen molar-refractivity contribution in [2.24, 2.45) is 0 Å². The van der Waals surface area contributed by atoms with Crippen molar-refractivity contribution in [1.29, 1.82) is 0 Å². The summed E-state index contributed by atoms with van der Waals surface area (Å²) in [5.74, 6) is -0.872. The van der Waals surface area contributed by atoms with E-state index in [-0.39, 0.29) is 27.6 Å². The van der Waals surface area contributed by atoms with Crippen molar-refractivity contribution in [1.82, 2.24) is 8.87 Å². The number of aliphatic hydroxyl groups is 1. The molecule has 0 spiro atoms. The number of rotatable bonds is 5. The van der Waals surface area contributed by atoms with Gasteiger partial charge < -0.3 is 9.84 Å². The van der Waals surface area contributed by atoms with Crippen molar-refractivity contribution in [3.8, 4) is 11.1 Å². The van der Waals surface area contributed by atoms with Crippen molar-refractivity contribution in [3.63, 3.8) is 0 Å². The predicted molar refractivity (Wildman–Crippen MR) is 169 cm³/mol. The molecule has 1 fully saturated rings. The number of sulfonamides is 1. The number of ether oxygens (including phenoxy) is 1. The summed E-state index contributed by atoms with van der Waals surface area (Å²) in [5, 5.41) is 11.2. The number of fused-ring (bicyclic) bond motifs is 2. The van der Waals surface area contributed by atoms with E-state index in [9.17, 15) is 36.3 Å². The van der Waals surface area contributed by atoms with E-state index in [0.29, 0.717) is 31.2 Å². The minimum atomic E-state index is -4.74. The molecule has 3 aromatic carbocycles. The van der Waals surface area contributed by atoms with Gasteiger partial charge in [0.1, 0.15) is 6.04 Å². The van der Waals surface area contributed by atoms with Crippen LogP contribution >= 0.6 is 15.9 Å². The first kappa shape index (κ1) is 32.4. The van der Waals surface area contributed by atoms with Crippen LogP contribution in [-0.4, -0.2) is 54.2 Å². The molecule has 0 saturated heterocycles. The number of pyridine rings is 1. The number of halogens is 4. The van der Waals surface area contributed by atoms with E-state index < -0.39 is 63.0 Å². The van der Waals surface area contributed by atoms with Crippen molar-refractivity contribution in [2.45, 2.75) is 61.5 Å². The van der Waals surface area contributed by atoms with Gasteiger partial charge in [0, 0.05) is 24.6 Å². The average molecular weight is 720 g/mol. The maximum absolute atomic E-state index is 14.7. The fourth-order valence-corrected chi connectivity index (χ4v) is 9.29. The van der Waals surface area contributed by atoms with Crippen LogP contribution in [-0.2, 0) is 32.2 Å². The fourth-order valence-electron chi connectivity index (χ4n) is 6.64. The largest absolute Gasteiger partial charge is 0.467 e. The predicted octanol–water partition coefficient (Wildman–Crippen LogP) is 6.06. The van der Waals surface area contributed by atoms with Crippen molar-refractivity contribution in [2.75, 3.05) is 13.7 Å². The highest BCUT2D eigenvalue weighted by Gasteiger charge is 2.47. The van der Waals surface area contributed by atoms with Crippen LogP contribution in [0.3, 0.4) is 0 Å². The molecular formula is C33H30BrF3N2O6S. The molecule has 0 radical (unpaired) electrons. The molecule has 1 aliphatic carbocycles. The van der Waals surface area contributed by atoms with Crippen LogP contribution in [0.1, 0.15) is 48.4 Å². The summed E-state index contributed by atoms with van der Waals surface area (Å²) in [6, 6.07) is 15.3. The number of carbonyl (C=O) groups is 1. The lowest BCUT2D eigenvalue weighted by molar-refractivity contribution is -0.145. The van der Waals surface area contributed by atoms with Gasteiger partial charge in [0.2, 0.25) is 0 Å². The monoisotopic (exact) mass is 718 g/mol. The van der Waals surface area contributed by atoms with E-state index >= 15 is 0 Å². The van der Waals surface area contributed by atoms with E-state index in [1.807, 2.05) is 42.5 Å². The van der Waals surface area contributed by atoms with E-state index in [4.69, 9.17) is 4.74 Å². The topological polar surface area (TPSA) is 106 Å². The van der Waals surface area contributed by atoms with Gasteiger partial charge in [0.15, 0.2) is 5.03 Å². The Morgan fingerprint density at radius 3 is 2.39 bits per heavy atom. The zero-order valence-corrected chi connectivity index (χ0v) is 27.0. The minimum Gasteiger partial charge on any atom is -0.467 e. The molecule has 4 aromatic rings. The van der Waals surface area contributed by atoms with Crippen molar-refractivity contribution in [3.05, 3.63) is 98.2 Å². The number of alkyl halides is 3. The molecule has 6 rings (SSSR count). The third-order valence-corrected chi connectivity index (χ3v) is 11.7. The Balaban J connectivity index is 1.70. The molecule has 1 aliphatic heterocycles. The Morgan fingerprint density at radius 2 is 1.70 bits per heavy atom. The molecule has 1 atom stereocenters. The van der Waals surface area contributed by atoms with Crippen LogP contribution in [0.15, 0.2) is 81.0 Å². The number of hydrogen-bond acceptors (Lipinski definition) is 6. The highest BCUT2D eigenvalue weighted by molar-refractivity contribution is 9.10. The summed E-state index contributed by atoms with van der Waals surface area (Å²) in [6.07, 6.45) is -4.08. The van der Waals surface area contributed by atoms with E-state index in [1.165, 1.54) is 12.1 Å². The first-order valence-corrected chi connectivity index (χ1v) is 16.9. The zero-order chi connectivity index (χ0) is 33.0. The summed E-state index contributed by atoms with van der Waals surface area (Å²) >= 11 is 3.38. The van der Waals surface area contributed by atoms with Crippen molar-refractivity contribution >= 4 is 42.7 Å². The fraction of sp³-hybridized carbons (Fsp3) is 0.333. The second kappa shape index (κ2) is 12.3. The van der Waals surface area contributed by atoms with Gasteiger partial charge in [-0.25, -0.2) is 13.2 Å². The maximum atomic E-state index is 14.7. The standard InChI is InChI=1S/C33H30BrF3N2O6S/c1-45-32(42)27-18-38(23-12-14-24(40)15-13-23)46(43,44)31-28(21-9-5-10-22(16-21)33(35,36)37)26(29(34)30(41)39(27)31)17-20-8-4-7-19-6-2-3-11-25(19)20/h2-11,16,23-24,27,40H,12-15,17-18H2,1H3. The second-order valence-corrected chi connectivity index (χ2v) is 14.2.